The Kier molecular flexibility index (Phi) is 4.49. The molecule has 0 saturated carbocycles. The average molecular weight is 373 g/mol. The molecule has 0 N–H and O–H groups in total. The van der Waals surface area contributed by atoms with Gasteiger partial charge in [0.1, 0.15) is 0 Å². The Morgan fingerprint density at radius 2 is 2.12 bits per heavy atom. The minimum absolute atomic E-state index is 0.00314. The smallest absolute Gasteiger partial charge is 0.255 e. The number of piperidine rings is 1. The highest BCUT2D eigenvalue weighted by atomic mass is 35.5. The predicted octanol–water partition coefficient (Wildman–Crippen LogP) is 3.95. The van der Waals surface area contributed by atoms with E-state index in [0.29, 0.717) is 17.1 Å². The molecule has 1 fully saturated rings. The van der Waals surface area contributed by atoms with E-state index in [4.69, 9.17) is 21.1 Å². The van der Waals surface area contributed by atoms with E-state index in [-0.39, 0.29) is 18.1 Å². The van der Waals surface area contributed by atoms with E-state index in [1.807, 2.05) is 11.0 Å². The predicted molar refractivity (Wildman–Crippen MR) is 98.8 cm³/mol. The molecular formula is C20H21ClN2O3. The zero-order valence-electron chi connectivity index (χ0n) is 14.7. The summed E-state index contributed by atoms with van der Waals surface area (Å²) in [4.78, 5) is 18.8. The zero-order valence-corrected chi connectivity index (χ0v) is 15.5. The number of likely N-dealkylation sites (tertiary alicyclic amines) is 1. The van der Waals surface area contributed by atoms with Crippen LogP contribution in [-0.2, 0) is 6.42 Å². The number of ether oxygens (including phenoxy) is 2. The van der Waals surface area contributed by atoms with E-state index in [1.165, 1.54) is 11.8 Å². The van der Waals surface area contributed by atoms with Gasteiger partial charge in [0.15, 0.2) is 11.5 Å². The van der Waals surface area contributed by atoms with Crippen molar-refractivity contribution in [1.82, 2.24) is 9.88 Å². The van der Waals surface area contributed by atoms with Crippen LogP contribution in [0, 0.1) is 5.41 Å². The van der Waals surface area contributed by atoms with E-state index in [1.54, 1.807) is 12.3 Å². The van der Waals surface area contributed by atoms with E-state index >= 15 is 0 Å². The molecule has 2 aliphatic rings. The van der Waals surface area contributed by atoms with Crippen molar-refractivity contribution in [3.63, 3.8) is 0 Å². The SMILES string of the molecule is C[C@]1(Cc2ccc3c(c2)OCO3)CCCN(C(=O)c2cncc(Cl)c2)C1. The standard InChI is InChI=1S/C20H21ClN2O3/c1-20(9-14-3-4-17-18(7-14)26-13-25-17)5-2-6-23(12-20)19(24)15-8-16(21)11-22-10-15/h3-4,7-8,10-11H,2,5-6,9,12-13H2,1H3/t20-/m1/s1. The van der Waals surface area contributed by atoms with Crippen LogP contribution >= 0.6 is 11.6 Å². The van der Waals surface area contributed by atoms with Crippen LogP contribution in [0.1, 0.15) is 35.7 Å². The quantitative estimate of drug-likeness (QED) is 0.818. The maximum atomic E-state index is 12.8. The molecule has 2 aromatic rings. The van der Waals surface area contributed by atoms with Crippen molar-refractivity contribution in [1.29, 1.82) is 0 Å². The third-order valence-corrected chi connectivity index (χ3v) is 5.29. The number of carbonyl (C=O) groups excluding carboxylic acids is 1. The molecule has 0 radical (unpaired) electrons. The molecule has 26 heavy (non-hydrogen) atoms. The highest BCUT2D eigenvalue weighted by Gasteiger charge is 2.34. The number of hydrogen-bond donors (Lipinski definition) is 0. The summed E-state index contributed by atoms with van der Waals surface area (Å²) in [5.41, 5.74) is 1.77. The Morgan fingerprint density at radius 3 is 2.96 bits per heavy atom. The summed E-state index contributed by atoms with van der Waals surface area (Å²) in [6.07, 6.45) is 6.08. The molecule has 2 aliphatic heterocycles. The Bertz CT molecular complexity index is 842. The molecule has 5 nitrogen and oxygen atoms in total. The van der Waals surface area contributed by atoms with Gasteiger partial charge < -0.3 is 14.4 Å². The number of hydrogen-bond acceptors (Lipinski definition) is 4. The van der Waals surface area contributed by atoms with E-state index in [0.717, 1.165) is 37.3 Å². The third kappa shape index (κ3) is 3.49. The van der Waals surface area contributed by atoms with Crippen molar-refractivity contribution in [2.75, 3.05) is 19.9 Å². The van der Waals surface area contributed by atoms with E-state index in [9.17, 15) is 4.79 Å². The molecule has 3 heterocycles. The van der Waals surface area contributed by atoms with Crippen LogP contribution in [0.15, 0.2) is 36.7 Å². The molecule has 6 heteroatoms. The molecule has 136 valence electrons. The first-order valence-corrected chi connectivity index (χ1v) is 9.19. The van der Waals surface area contributed by atoms with Crippen LogP contribution in [0.2, 0.25) is 5.02 Å². The number of fused-ring (bicyclic) bond motifs is 1. The lowest BCUT2D eigenvalue weighted by Gasteiger charge is -2.40. The number of rotatable bonds is 3. The number of pyridine rings is 1. The van der Waals surface area contributed by atoms with Crippen molar-refractivity contribution >= 4 is 17.5 Å². The minimum atomic E-state index is -0.00314. The summed E-state index contributed by atoms with van der Waals surface area (Å²) in [6, 6.07) is 7.78. The van der Waals surface area contributed by atoms with Gasteiger partial charge in [-0.2, -0.15) is 0 Å². The molecule has 0 unspecified atom stereocenters. The van der Waals surface area contributed by atoms with E-state index < -0.39 is 0 Å². The van der Waals surface area contributed by atoms with Gasteiger partial charge in [0.2, 0.25) is 6.79 Å². The first kappa shape index (κ1) is 17.2. The Balaban J connectivity index is 1.49. The fraction of sp³-hybridized carbons (Fsp3) is 0.400. The largest absolute Gasteiger partial charge is 0.454 e. The first-order valence-electron chi connectivity index (χ1n) is 8.81. The molecule has 1 amide bonds. The molecule has 1 atom stereocenters. The van der Waals surface area contributed by atoms with Crippen molar-refractivity contribution in [2.45, 2.75) is 26.2 Å². The lowest BCUT2D eigenvalue weighted by Crippen LogP contribution is -2.45. The molecule has 1 saturated heterocycles. The summed E-state index contributed by atoms with van der Waals surface area (Å²) in [5, 5.41) is 0.482. The summed E-state index contributed by atoms with van der Waals surface area (Å²) in [6.45, 7) is 4.01. The molecule has 0 bridgehead atoms. The van der Waals surface area contributed by atoms with Crippen LogP contribution in [-0.4, -0.2) is 35.7 Å². The summed E-state index contributed by atoms with van der Waals surface area (Å²) in [5.74, 6) is 1.60. The van der Waals surface area contributed by atoms with Gasteiger partial charge in [0, 0.05) is 25.5 Å². The van der Waals surface area contributed by atoms with Crippen molar-refractivity contribution in [3.8, 4) is 11.5 Å². The lowest BCUT2D eigenvalue weighted by atomic mass is 9.76. The monoisotopic (exact) mass is 372 g/mol. The van der Waals surface area contributed by atoms with Gasteiger partial charge in [-0.15, -0.1) is 0 Å². The van der Waals surface area contributed by atoms with Crippen molar-refractivity contribution < 1.29 is 14.3 Å². The van der Waals surface area contributed by atoms with Gasteiger partial charge in [0.25, 0.3) is 5.91 Å². The van der Waals surface area contributed by atoms with E-state index in [2.05, 4.69) is 24.0 Å². The number of aromatic nitrogens is 1. The van der Waals surface area contributed by atoms with Gasteiger partial charge in [-0.25, -0.2) is 0 Å². The van der Waals surface area contributed by atoms with Crippen molar-refractivity contribution in [2.24, 2.45) is 5.41 Å². The molecule has 1 aromatic heterocycles. The van der Waals surface area contributed by atoms with Crippen molar-refractivity contribution in [3.05, 3.63) is 52.8 Å². The Morgan fingerprint density at radius 1 is 1.27 bits per heavy atom. The molecule has 1 aromatic carbocycles. The number of nitrogens with zero attached hydrogens (tertiary/aromatic N) is 2. The first-order chi connectivity index (χ1) is 12.5. The Labute approximate surface area is 157 Å². The van der Waals surface area contributed by atoms with Gasteiger partial charge in [-0.1, -0.05) is 24.6 Å². The van der Waals surface area contributed by atoms with Gasteiger partial charge in [0.05, 0.1) is 10.6 Å². The molecule has 0 aliphatic carbocycles. The number of carbonyl (C=O) groups is 1. The summed E-state index contributed by atoms with van der Waals surface area (Å²) in [7, 11) is 0. The fourth-order valence-electron chi connectivity index (χ4n) is 3.89. The van der Waals surface area contributed by atoms with Gasteiger partial charge in [-0.3, -0.25) is 9.78 Å². The van der Waals surface area contributed by atoms with Crippen LogP contribution in [0.25, 0.3) is 0 Å². The maximum Gasteiger partial charge on any atom is 0.255 e. The molecule has 0 spiro atoms. The normalized spacial score (nSPS) is 21.7. The summed E-state index contributed by atoms with van der Waals surface area (Å²) < 4.78 is 10.9. The Hall–Kier alpha value is -2.27. The molecule has 4 rings (SSSR count). The molecular weight excluding hydrogens is 352 g/mol. The second-order valence-corrected chi connectivity index (χ2v) is 7.83. The van der Waals surface area contributed by atoms with Crippen LogP contribution in [0.3, 0.4) is 0 Å². The second kappa shape index (κ2) is 6.80. The minimum Gasteiger partial charge on any atom is -0.454 e. The number of benzene rings is 1. The lowest BCUT2D eigenvalue weighted by molar-refractivity contribution is 0.0550. The second-order valence-electron chi connectivity index (χ2n) is 7.40. The van der Waals surface area contributed by atoms with Crippen LogP contribution in [0.4, 0.5) is 0 Å². The summed E-state index contributed by atoms with van der Waals surface area (Å²) >= 11 is 5.98. The topological polar surface area (TPSA) is 51.7 Å². The zero-order chi connectivity index (χ0) is 18.1. The van der Waals surface area contributed by atoms with Gasteiger partial charge >= 0.3 is 0 Å². The maximum absolute atomic E-state index is 12.8. The average Bonchev–Trinajstić information content (AvgIpc) is 3.08. The highest BCUT2D eigenvalue weighted by molar-refractivity contribution is 6.30. The van der Waals surface area contributed by atoms with Crippen LogP contribution < -0.4 is 9.47 Å². The number of amides is 1. The highest BCUT2D eigenvalue weighted by Crippen LogP contribution is 2.37. The van der Waals surface area contributed by atoms with Crippen LogP contribution in [0.5, 0.6) is 11.5 Å². The van der Waals surface area contributed by atoms with Gasteiger partial charge in [-0.05, 0) is 48.4 Å². The number of halogens is 1. The fourth-order valence-corrected chi connectivity index (χ4v) is 4.06. The third-order valence-electron chi connectivity index (χ3n) is 5.09.